The third-order valence-corrected chi connectivity index (χ3v) is 5.67. The molecule has 0 spiro atoms. The van der Waals surface area contributed by atoms with E-state index in [0.717, 1.165) is 49.7 Å². The van der Waals surface area contributed by atoms with Crippen LogP contribution in [0, 0.1) is 19.8 Å². The van der Waals surface area contributed by atoms with Crippen LogP contribution >= 0.6 is 11.6 Å². The number of rotatable bonds is 8. The highest BCUT2D eigenvalue weighted by Crippen LogP contribution is 2.18. The van der Waals surface area contributed by atoms with Gasteiger partial charge in [0, 0.05) is 62.0 Å². The molecule has 1 aliphatic heterocycles. The molecule has 1 saturated heterocycles. The van der Waals surface area contributed by atoms with Crippen LogP contribution in [0.3, 0.4) is 0 Å². The van der Waals surface area contributed by atoms with Crippen LogP contribution < -0.4 is 5.32 Å². The topological polar surface area (TPSA) is 98.9 Å². The van der Waals surface area contributed by atoms with Crippen molar-refractivity contribution in [3.05, 3.63) is 46.3 Å². The summed E-state index contributed by atoms with van der Waals surface area (Å²) in [6.45, 7) is 8.15. The van der Waals surface area contributed by atoms with Crippen LogP contribution in [0.4, 0.5) is 5.69 Å². The van der Waals surface area contributed by atoms with E-state index >= 15 is 0 Å². The van der Waals surface area contributed by atoms with Gasteiger partial charge in [-0.15, -0.1) is 0 Å². The first-order valence-electron chi connectivity index (χ1n) is 9.96. The van der Waals surface area contributed by atoms with Gasteiger partial charge >= 0.3 is 5.97 Å². The molecule has 0 unspecified atom stereocenters. The molecular weight excluding hydrogens is 408 g/mol. The summed E-state index contributed by atoms with van der Waals surface area (Å²) in [7, 11) is 0. The zero-order valence-corrected chi connectivity index (χ0v) is 18.0. The van der Waals surface area contributed by atoms with Crippen molar-refractivity contribution < 1.29 is 19.2 Å². The van der Waals surface area contributed by atoms with Crippen LogP contribution in [0.1, 0.15) is 23.4 Å². The summed E-state index contributed by atoms with van der Waals surface area (Å²) in [4.78, 5) is 28.4. The predicted octanol–water partition coefficient (Wildman–Crippen LogP) is 2.79. The fraction of sp³-hybridized carbons (Fsp3) is 0.476. The number of nitrogens with zero attached hydrogens (tertiary/aromatic N) is 3. The number of aromatic nitrogens is 1. The number of nitrogens with one attached hydrogen (secondary N) is 1. The third-order valence-electron chi connectivity index (χ3n) is 5.42. The number of amides is 1. The average Bonchev–Trinajstić information content (AvgIpc) is 3.02. The second kappa shape index (κ2) is 10.1. The van der Waals surface area contributed by atoms with E-state index in [0.29, 0.717) is 17.3 Å². The first kappa shape index (κ1) is 22.3. The van der Waals surface area contributed by atoms with E-state index in [1.54, 1.807) is 24.3 Å². The number of hydrogen-bond donors (Lipinski definition) is 2. The first-order chi connectivity index (χ1) is 14.3. The van der Waals surface area contributed by atoms with Crippen molar-refractivity contribution in [2.45, 2.75) is 26.8 Å². The second-order valence-electron chi connectivity index (χ2n) is 7.67. The highest BCUT2D eigenvalue weighted by Gasteiger charge is 2.27. The van der Waals surface area contributed by atoms with Crippen molar-refractivity contribution in [3.8, 4) is 0 Å². The van der Waals surface area contributed by atoms with Crippen LogP contribution in [0.25, 0.3) is 0 Å². The van der Waals surface area contributed by atoms with Gasteiger partial charge in [-0.1, -0.05) is 16.8 Å². The molecule has 2 N–H and O–H groups in total. The summed E-state index contributed by atoms with van der Waals surface area (Å²) in [5, 5.41) is 16.9. The lowest BCUT2D eigenvalue weighted by atomic mass is 10.0. The first-order valence-corrected chi connectivity index (χ1v) is 10.3. The van der Waals surface area contributed by atoms with Gasteiger partial charge in [-0.2, -0.15) is 0 Å². The fourth-order valence-corrected chi connectivity index (χ4v) is 3.72. The molecule has 1 aliphatic rings. The molecule has 9 heteroatoms. The number of hydrogen-bond acceptors (Lipinski definition) is 6. The molecule has 1 atom stereocenters. The molecule has 0 bridgehead atoms. The molecule has 8 nitrogen and oxygen atoms in total. The van der Waals surface area contributed by atoms with E-state index in [9.17, 15) is 14.7 Å². The maximum absolute atomic E-state index is 12.3. The summed E-state index contributed by atoms with van der Waals surface area (Å²) >= 11 is 5.84. The Balaban J connectivity index is 1.48. The van der Waals surface area contributed by atoms with Crippen molar-refractivity contribution in [1.82, 2.24) is 15.0 Å². The molecule has 162 valence electrons. The predicted molar refractivity (Wildman–Crippen MR) is 114 cm³/mol. The van der Waals surface area contributed by atoms with Crippen LogP contribution in [-0.2, 0) is 16.1 Å². The molecule has 1 aromatic carbocycles. The summed E-state index contributed by atoms with van der Waals surface area (Å²) in [6.07, 6.45) is -0.0722. The lowest BCUT2D eigenvalue weighted by Crippen LogP contribution is -2.48. The van der Waals surface area contributed by atoms with E-state index in [2.05, 4.69) is 20.3 Å². The zero-order chi connectivity index (χ0) is 21.7. The van der Waals surface area contributed by atoms with Gasteiger partial charge in [-0.25, -0.2) is 0 Å². The quantitative estimate of drug-likeness (QED) is 0.659. The standard InChI is InChI=1S/C21H27ClN4O4/c1-14-19(15(2)30-24-14)13-26-9-7-25(8-10-26)12-16(21(28)29)11-20(27)23-18-5-3-17(22)4-6-18/h3-6,16H,7-13H2,1-2H3,(H,23,27)(H,28,29)/t16-/m0/s1. The number of piperazine rings is 1. The lowest BCUT2D eigenvalue weighted by Gasteiger charge is -2.35. The Hall–Kier alpha value is -2.42. The SMILES string of the molecule is Cc1noc(C)c1CN1CCN(C[C@H](CC(=O)Nc2ccc(Cl)cc2)C(=O)O)CC1. The van der Waals surface area contributed by atoms with Crippen LogP contribution in [-0.4, -0.2) is 64.7 Å². The minimum atomic E-state index is -0.959. The van der Waals surface area contributed by atoms with Gasteiger partial charge in [0.15, 0.2) is 0 Å². The van der Waals surface area contributed by atoms with Gasteiger partial charge in [0.25, 0.3) is 0 Å². The van der Waals surface area contributed by atoms with Crippen molar-refractivity contribution in [1.29, 1.82) is 0 Å². The Morgan fingerprint density at radius 1 is 1.17 bits per heavy atom. The number of aryl methyl sites for hydroxylation is 2. The molecule has 1 amide bonds. The summed E-state index contributed by atoms with van der Waals surface area (Å²) in [6, 6.07) is 6.73. The Labute approximate surface area is 180 Å². The average molecular weight is 435 g/mol. The van der Waals surface area contributed by atoms with Gasteiger partial charge in [0.2, 0.25) is 5.91 Å². The molecular formula is C21H27ClN4O4. The van der Waals surface area contributed by atoms with E-state index in [1.165, 1.54) is 0 Å². The van der Waals surface area contributed by atoms with Crippen molar-refractivity contribution >= 4 is 29.2 Å². The number of carbonyl (C=O) groups is 2. The molecule has 1 fully saturated rings. The maximum atomic E-state index is 12.3. The fourth-order valence-electron chi connectivity index (χ4n) is 3.59. The molecule has 1 aromatic heterocycles. The molecule has 0 radical (unpaired) electrons. The Kier molecular flexibility index (Phi) is 7.47. The van der Waals surface area contributed by atoms with Gasteiger partial charge in [-0.3, -0.25) is 19.4 Å². The molecule has 0 aliphatic carbocycles. The largest absolute Gasteiger partial charge is 0.481 e. The van der Waals surface area contributed by atoms with Crippen molar-refractivity contribution in [3.63, 3.8) is 0 Å². The Bertz CT molecular complexity index is 856. The number of benzene rings is 1. The smallest absolute Gasteiger partial charge is 0.308 e. The zero-order valence-electron chi connectivity index (χ0n) is 17.2. The number of aliphatic carboxylic acids is 1. The van der Waals surface area contributed by atoms with Gasteiger partial charge in [0.05, 0.1) is 11.6 Å². The Morgan fingerprint density at radius 2 is 1.80 bits per heavy atom. The highest BCUT2D eigenvalue weighted by atomic mass is 35.5. The van der Waals surface area contributed by atoms with Gasteiger partial charge < -0.3 is 14.9 Å². The molecule has 30 heavy (non-hydrogen) atoms. The monoisotopic (exact) mass is 434 g/mol. The number of carboxylic acids is 1. The second-order valence-corrected chi connectivity index (χ2v) is 8.11. The van der Waals surface area contributed by atoms with Crippen LogP contribution in [0.15, 0.2) is 28.8 Å². The van der Waals surface area contributed by atoms with E-state index in [4.69, 9.17) is 16.1 Å². The minimum absolute atomic E-state index is 0.0722. The maximum Gasteiger partial charge on any atom is 0.308 e. The number of halogens is 1. The number of carboxylic acid groups (broad SMARTS) is 1. The van der Waals surface area contributed by atoms with E-state index < -0.39 is 11.9 Å². The van der Waals surface area contributed by atoms with E-state index in [1.807, 2.05) is 13.8 Å². The lowest BCUT2D eigenvalue weighted by molar-refractivity contribution is -0.144. The Morgan fingerprint density at radius 3 is 2.37 bits per heavy atom. The van der Waals surface area contributed by atoms with Crippen molar-refractivity contribution in [2.75, 3.05) is 38.0 Å². The molecule has 2 aromatic rings. The third kappa shape index (κ3) is 6.04. The molecule has 0 saturated carbocycles. The molecule has 2 heterocycles. The number of anilines is 1. The number of carbonyl (C=O) groups excluding carboxylic acids is 1. The van der Waals surface area contributed by atoms with E-state index in [-0.39, 0.29) is 12.3 Å². The van der Waals surface area contributed by atoms with Gasteiger partial charge in [-0.05, 0) is 38.1 Å². The highest BCUT2D eigenvalue weighted by molar-refractivity contribution is 6.30. The van der Waals surface area contributed by atoms with Gasteiger partial charge in [0.1, 0.15) is 5.76 Å². The summed E-state index contributed by atoms with van der Waals surface area (Å²) in [5.41, 5.74) is 2.62. The minimum Gasteiger partial charge on any atom is -0.481 e. The normalized spacial score (nSPS) is 16.4. The summed E-state index contributed by atoms with van der Waals surface area (Å²) in [5.74, 6) is -1.19. The summed E-state index contributed by atoms with van der Waals surface area (Å²) < 4.78 is 5.23. The van der Waals surface area contributed by atoms with Crippen molar-refractivity contribution in [2.24, 2.45) is 5.92 Å². The molecule has 3 rings (SSSR count). The van der Waals surface area contributed by atoms with Crippen LogP contribution in [0.2, 0.25) is 5.02 Å². The van der Waals surface area contributed by atoms with Crippen LogP contribution in [0.5, 0.6) is 0 Å².